The van der Waals surface area contributed by atoms with E-state index in [1.54, 1.807) is 18.9 Å². The molecule has 4 heterocycles. The largest absolute Gasteiger partial charge is 0.497 e. The fourth-order valence-electron chi connectivity index (χ4n) is 8.19. The zero-order valence-corrected chi connectivity index (χ0v) is 29.6. The van der Waals surface area contributed by atoms with Crippen molar-refractivity contribution in [2.24, 2.45) is 11.7 Å². The lowest BCUT2D eigenvalue weighted by atomic mass is 9.86. The third-order valence-corrected chi connectivity index (χ3v) is 14.2. The Morgan fingerprint density at radius 2 is 1.92 bits per heavy atom. The fraction of sp³-hybridized carbons (Fsp3) is 0.622. The Hall–Kier alpha value is -3.71. The van der Waals surface area contributed by atoms with Crippen molar-refractivity contribution in [2.75, 3.05) is 13.7 Å². The summed E-state index contributed by atoms with van der Waals surface area (Å²) in [4.78, 5) is 48.9. The predicted octanol–water partition coefficient (Wildman–Crippen LogP) is 3.51. The van der Waals surface area contributed by atoms with Gasteiger partial charge in [0.1, 0.15) is 28.7 Å². The Morgan fingerprint density at radius 1 is 1.12 bits per heavy atom. The van der Waals surface area contributed by atoms with Crippen molar-refractivity contribution in [3.05, 3.63) is 41.6 Å². The van der Waals surface area contributed by atoms with Crippen LogP contribution in [-0.2, 0) is 30.8 Å². The van der Waals surface area contributed by atoms with E-state index in [2.05, 4.69) is 10.0 Å². The van der Waals surface area contributed by atoms with Crippen molar-refractivity contribution in [1.29, 1.82) is 0 Å². The summed E-state index contributed by atoms with van der Waals surface area (Å²) >= 11 is 0. The quantitative estimate of drug-likeness (QED) is 0.394. The first-order chi connectivity index (χ1) is 23.9. The summed E-state index contributed by atoms with van der Waals surface area (Å²) in [5, 5.41) is 3.94. The van der Waals surface area contributed by atoms with Crippen molar-refractivity contribution in [2.45, 2.75) is 124 Å². The SMILES string of the molecule is COc1ccc2nc(C3CC3)c3c(c2c1)CC[C@]1(C[C@H]2C(=O)N[C@]4(C(=O)NS(=O)(=O)C5(C)CC5)C[C@H]4C=CCCCCC[C@H](N)C(=O)N2C1)O3. The third kappa shape index (κ3) is 5.74. The van der Waals surface area contributed by atoms with Gasteiger partial charge in [-0.3, -0.25) is 19.1 Å². The maximum atomic E-state index is 14.4. The molecule has 4 N–H and O–H groups in total. The number of allylic oxidation sites excluding steroid dienone is 1. The number of aryl methyl sites for hydroxylation is 1. The number of pyridine rings is 1. The number of methoxy groups -OCH3 is 1. The van der Waals surface area contributed by atoms with E-state index in [1.807, 2.05) is 30.4 Å². The summed E-state index contributed by atoms with van der Waals surface area (Å²) in [6, 6.07) is 4.14. The Morgan fingerprint density at radius 3 is 2.66 bits per heavy atom. The number of nitrogens with zero attached hydrogens (tertiary/aromatic N) is 2. The van der Waals surface area contributed by atoms with Gasteiger partial charge in [-0.1, -0.05) is 25.0 Å². The number of fused-ring (bicyclic) bond motifs is 5. The monoisotopic (exact) mass is 705 g/mol. The topological polar surface area (TPSA) is 170 Å². The van der Waals surface area contributed by atoms with Crippen LogP contribution < -0.4 is 25.2 Å². The van der Waals surface area contributed by atoms with Gasteiger partial charge in [0.25, 0.3) is 5.91 Å². The summed E-state index contributed by atoms with van der Waals surface area (Å²) in [5.41, 5.74) is 7.09. The van der Waals surface area contributed by atoms with Gasteiger partial charge in [-0.25, -0.2) is 13.4 Å². The Balaban J connectivity index is 1.13. The number of amides is 3. The fourth-order valence-corrected chi connectivity index (χ4v) is 9.50. The summed E-state index contributed by atoms with van der Waals surface area (Å²) in [7, 11) is -2.29. The zero-order valence-electron chi connectivity index (χ0n) is 28.8. The Labute approximate surface area is 292 Å². The minimum absolute atomic E-state index is 0.173. The molecule has 268 valence electrons. The number of aromatic nitrogens is 1. The zero-order chi connectivity index (χ0) is 35.1. The van der Waals surface area contributed by atoms with Crippen LogP contribution in [0.15, 0.2) is 30.4 Å². The standard InChI is InChI=1S/C37H47N5O7S/c1-35(16-17-35)50(46,47)41-34(45)37-19-23(37)8-6-4-3-5-7-9-27(38)33(44)42-21-36(20-29(42)32(43)40-37)15-14-25-26-18-24(48-2)12-13-28(26)39-30(22-10-11-22)31(25)49-36/h6,8,12-13,18,22-23,27,29H,3-5,7,9-11,14-17,19-21,38H2,1-2H3,(H,40,43)(H,41,45)/t23-,27+,29+,36-,37-/m1/s1. The van der Waals surface area contributed by atoms with Crippen LogP contribution in [0, 0.1) is 5.92 Å². The summed E-state index contributed by atoms with van der Waals surface area (Å²) in [6.45, 7) is 1.79. The lowest BCUT2D eigenvalue weighted by Crippen LogP contribution is -2.58. The Bertz CT molecular complexity index is 1910. The highest BCUT2D eigenvalue weighted by Gasteiger charge is 2.64. The predicted molar refractivity (Wildman–Crippen MR) is 186 cm³/mol. The van der Waals surface area contributed by atoms with Crippen LogP contribution in [0.2, 0.25) is 0 Å². The first-order valence-corrected chi connectivity index (χ1v) is 19.7. The van der Waals surface area contributed by atoms with Crippen molar-refractivity contribution in [3.63, 3.8) is 0 Å². The maximum Gasteiger partial charge on any atom is 0.259 e. The average Bonchev–Trinajstić information content (AvgIpc) is 4.03. The molecule has 50 heavy (non-hydrogen) atoms. The van der Waals surface area contributed by atoms with Crippen LogP contribution in [0.1, 0.15) is 101 Å². The van der Waals surface area contributed by atoms with Crippen molar-refractivity contribution in [1.82, 2.24) is 19.9 Å². The Kier molecular flexibility index (Phi) is 7.98. The normalized spacial score (nSPS) is 32.1. The van der Waals surface area contributed by atoms with Gasteiger partial charge < -0.3 is 25.4 Å². The average molecular weight is 706 g/mol. The number of rotatable bonds is 5. The first kappa shape index (κ1) is 33.4. The molecular formula is C37H47N5O7S. The highest BCUT2D eigenvalue weighted by atomic mass is 32.2. The van der Waals surface area contributed by atoms with Crippen LogP contribution in [0.3, 0.4) is 0 Å². The van der Waals surface area contributed by atoms with E-state index in [9.17, 15) is 22.8 Å². The molecule has 3 amide bonds. The molecular weight excluding hydrogens is 659 g/mol. The molecule has 12 nitrogen and oxygen atoms in total. The number of benzene rings is 1. The third-order valence-electron chi connectivity index (χ3n) is 12.0. The highest BCUT2D eigenvalue weighted by Crippen LogP contribution is 2.52. The molecule has 1 aromatic heterocycles. The van der Waals surface area contributed by atoms with E-state index in [-0.39, 0.29) is 31.2 Å². The van der Waals surface area contributed by atoms with Gasteiger partial charge in [0.2, 0.25) is 21.8 Å². The number of carbonyl (C=O) groups is 3. The molecule has 1 saturated heterocycles. The summed E-state index contributed by atoms with van der Waals surface area (Å²) in [5.74, 6) is -0.153. The van der Waals surface area contributed by atoms with Crippen LogP contribution >= 0.6 is 0 Å². The molecule has 3 aliphatic carbocycles. The second kappa shape index (κ2) is 11.9. The molecule has 0 unspecified atom stereocenters. The summed E-state index contributed by atoms with van der Waals surface area (Å²) in [6.07, 6.45) is 12.5. The molecule has 8 rings (SSSR count). The first-order valence-electron chi connectivity index (χ1n) is 18.2. The number of nitrogens with two attached hydrogens (primary N) is 1. The second-order valence-electron chi connectivity index (χ2n) is 15.8. The van der Waals surface area contributed by atoms with Gasteiger partial charge in [-0.05, 0) is 89.3 Å². The number of ether oxygens (including phenoxy) is 2. The van der Waals surface area contributed by atoms with Gasteiger partial charge in [-0.15, -0.1) is 0 Å². The van der Waals surface area contributed by atoms with Gasteiger partial charge >= 0.3 is 0 Å². The minimum atomic E-state index is -3.93. The molecule has 1 spiro atoms. The van der Waals surface area contributed by atoms with Gasteiger partial charge in [-0.2, -0.15) is 0 Å². The lowest BCUT2D eigenvalue weighted by Gasteiger charge is -2.37. The smallest absolute Gasteiger partial charge is 0.259 e. The van der Waals surface area contributed by atoms with E-state index in [0.29, 0.717) is 38.0 Å². The minimum Gasteiger partial charge on any atom is -0.497 e. The van der Waals surface area contributed by atoms with E-state index in [1.165, 1.54) is 0 Å². The van der Waals surface area contributed by atoms with E-state index in [0.717, 1.165) is 72.2 Å². The molecule has 4 fully saturated rings. The molecule has 13 heteroatoms. The van der Waals surface area contributed by atoms with Crippen LogP contribution in [0.5, 0.6) is 11.5 Å². The number of sulfonamides is 1. The summed E-state index contributed by atoms with van der Waals surface area (Å²) < 4.78 is 40.1. The van der Waals surface area contributed by atoms with Crippen molar-refractivity contribution in [3.8, 4) is 11.5 Å². The van der Waals surface area contributed by atoms with E-state index >= 15 is 0 Å². The van der Waals surface area contributed by atoms with E-state index < -0.39 is 49.8 Å². The maximum absolute atomic E-state index is 14.4. The lowest BCUT2D eigenvalue weighted by molar-refractivity contribution is -0.140. The van der Waals surface area contributed by atoms with Gasteiger partial charge in [0.05, 0.1) is 35.7 Å². The molecule has 0 bridgehead atoms. The highest BCUT2D eigenvalue weighted by molar-refractivity contribution is 7.91. The van der Waals surface area contributed by atoms with E-state index in [4.69, 9.17) is 20.2 Å². The number of hydrogen-bond donors (Lipinski definition) is 3. The number of nitrogens with one attached hydrogen (secondary N) is 2. The molecule has 3 saturated carbocycles. The molecule has 1 aromatic carbocycles. The molecule has 2 aromatic rings. The van der Waals surface area contributed by atoms with Crippen LogP contribution in [0.4, 0.5) is 0 Å². The molecule has 5 atom stereocenters. The van der Waals surface area contributed by atoms with Crippen molar-refractivity contribution < 1.29 is 32.3 Å². The molecule has 6 aliphatic rings. The number of carbonyl (C=O) groups excluding carboxylic acids is 3. The second-order valence-corrected chi connectivity index (χ2v) is 18.0. The van der Waals surface area contributed by atoms with Crippen molar-refractivity contribution >= 4 is 38.6 Å². The number of hydrogen-bond acceptors (Lipinski definition) is 9. The van der Waals surface area contributed by atoms with Crippen LogP contribution in [-0.4, -0.2) is 77.6 Å². The van der Waals surface area contributed by atoms with Gasteiger partial charge in [0, 0.05) is 29.2 Å². The van der Waals surface area contributed by atoms with Gasteiger partial charge in [0.15, 0.2) is 0 Å². The molecule has 0 radical (unpaired) electrons. The van der Waals surface area contributed by atoms with Crippen LogP contribution in [0.25, 0.3) is 10.9 Å². The molecule has 3 aliphatic heterocycles.